The van der Waals surface area contributed by atoms with E-state index in [1.54, 1.807) is 20.8 Å². The summed E-state index contributed by atoms with van der Waals surface area (Å²) in [4.78, 5) is 38.2. The van der Waals surface area contributed by atoms with Crippen molar-refractivity contribution in [1.29, 1.82) is 0 Å². The highest BCUT2D eigenvalue weighted by molar-refractivity contribution is 6.01. The fraction of sp³-hybridized carbons (Fsp3) is 0.700. The van der Waals surface area contributed by atoms with Gasteiger partial charge in [0.05, 0.1) is 5.41 Å². The molecule has 0 atom stereocenters. The predicted molar refractivity (Wildman–Crippen MR) is 53.4 cm³/mol. The molecule has 2 amide bonds. The van der Waals surface area contributed by atoms with Crippen LogP contribution < -0.4 is 0 Å². The number of carbonyl (C=O) groups excluding carboxylic acids is 3. The maximum atomic E-state index is 11.3. The molecule has 1 aliphatic rings. The van der Waals surface area contributed by atoms with Crippen molar-refractivity contribution in [2.45, 2.75) is 41.0 Å². The molecule has 0 unspecified atom stereocenters. The van der Waals surface area contributed by atoms with Gasteiger partial charge >= 0.3 is 5.97 Å². The largest absolute Gasteiger partial charge is 0.338 e. The second kappa shape index (κ2) is 4.42. The minimum Gasteiger partial charge on any atom is -0.330 e. The van der Waals surface area contributed by atoms with Gasteiger partial charge in [0.25, 0.3) is 11.8 Å². The Bertz CT molecular complexity index is 274. The van der Waals surface area contributed by atoms with E-state index >= 15 is 0 Å². The molecule has 1 fully saturated rings. The molecule has 5 nitrogen and oxygen atoms in total. The Balaban J connectivity index is 0.00000196. The van der Waals surface area contributed by atoms with Crippen molar-refractivity contribution in [2.24, 2.45) is 5.41 Å². The highest BCUT2D eigenvalue weighted by Gasteiger charge is 2.35. The van der Waals surface area contributed by atoms with Crippen molar-refractivity contribution in [2.75, 3.05) is 0 Å². The molecule has 1 rings (SSSR count). The molecule has 0 aliphatic carbocycles. The fourth-order valence-corrected chi connectivity index (χ4v) is 0.878. The number of amides is 2. The first kappa shape index (κ1) is 13.6. The van der Waals surface area contributed by atoms with Crippen LogP contribution in [0.1, 0.15) is 41.0 Å². The van der Waals surface area contributed by atoms with E-state index in [0.717, 1.165) is 0 Å². The van der Waals surface area contributed by atoms with Gasteiger partial charge in [-0.25, -0.2) is 4.79 Å². The van der Waals surface area contributed by atoms with Crippen molar-refractivity contribution in [1.82, 2.24) is 5.06 Å². The third-order valence-corrected chi connectivity index (χ3v) is 1.79. The SMILES string of the molecule is C.CC(C)(C)C(=O)ON1C(=O)CCC1=O. The summed E-state index contributed by atoms with van der Waals surface area (Å²) in [5.41, 5.74) is -0.719. The standard InChI is InChI=1S/C9H13NO4.CH4/c1-9(2,3)8(13)14-10-6(11)4-5-7(10)12;/h4-5H2,1-3H3;1H4. The van der Waals surface area contributed by atoms with Crippen LogP contribution in [-0.2, 0) is 19.2 Å². The maximum absolute atomic E-state index is 11.3. The van der Waals surface area contributed by atoms with Crippen LogP contribution >= 0.6 is 0 Å². The van der Waals surface area contributed by atoms with Gasteiger partial charge in [-0.3, -0.25) is 9.59 Å². The van der Waals surface area contributed by atoms with Crippen LogP contribution in [0.15, 0.2) is 0 Å². The summed E-state index contributed by atoms with van der Waals surface area (Å²) in [5, 5.41) is 0.563. The highest BCUT2D eigenvalue weighted by atomic mass is 16.7. The van der Waals surface area contributed by atoms with Gasteiger partial charge < -0.3 is 4.84 Å². The van der Waals surface area contributed by atoms with Crippen LogP contribution in [-0.4, -0.2) is 22.8 Å². The quantitative estimate of drug-likeness (QED) is 0.618. The molecular formula is C10H17NO4. The maximum Gasteiger partial charge on any atom is 0.338 e. The number of hydroxylamine groups is 2. The van der Waals surface area contributed by atoms with Gasteiger partial charge in [-0.05, 0) is 20.8 Å². The summed E-state index contributed by atoms with van der Waals surface area (Å²) in [6.07, 6.45) is 0.243. The molecule has 15 heavy (non-hydrogen) atoms. The number of imide groups is 1. The lowest BCUT2D eigenvalue weighted by atomic mass is 9.98. The Morgan fingerprint density at radius 2 is 1.60 bits per heavy atom. The number of rotatable bonds is 1. The van der Waals surface area contributed by atoms with Crippen molar-refractivity contribution >= 4 is 17.8 Å². The monoisotopic (exact) mass is 215 g/mol. The number of hydrogen-bond acceptors (Lipinski definition) is 4. The molecule has 0 N–H and O–H groups in total. The molecule has 0 radical (unpaired) electrons. The van der Waals surface area contributed by atoms with E-state index < -0.39 is 23.2 Å². The van der Waals surface area contributed by atoms with Gasteiger partial charge in [0.2, 0.25) is 0 Å². The Morgan fingerprint density at radius 3 is 1.93 bits per heavy atom. The molecule has 0 aromatic rings. The van der Waals surface area contributed by atoms with Gasteiger partial charge in [0, 0.05) is 12.8 Å². The third-order valence-electron chi connectivity index (χ3n) is 1.79. The van der Waals surface area contributed by atoms with Crippen LogP contribution in [0.4, 0.5) is 0 Å². The Labute approximate surface area is 89.3 Å². The van der Waals surface area contributed by atoms with E-state index in [9.17, 15) is 14.4 Å². The Morgan fingerprint density at radius 1 is 1.20 bits per heavy atom. The third kappa shape index (κ3) is 3.04. The molecule has 1 heterocycles. The minimum atomic E-state index is -0.719. The lowest BCUT2D eigenvalue weighted by Gasteiger charge is -2.19. The van der Waals surface area contributed by atoms with E-state index in [1.165, 1.54) is 0 Å². The second-order valence-corrected chi connectivity index (χ2v) is 4.21. The van der Waals surface area contributed by atoms with E-state index in [-0.39, 0.29) is 20.3 Å². The van der Waals surface area contributed by atoms with Crippen molar-refractivity contribution < 1.29 is 19.2 Å². The van der Waals surface area contributed by atoms with Gasteiger partial charge in [0.1, 0.15) is 0 Å². The first-order valence-electron chi connectivity index (χ1n) is 4.40. The summed E-state index contributed by atoms with van der Waals surface area (Å²) in [7, 11) is 0. The smallest absolute Gasteiger partial charge is 0.330 e. The molecule has 86 valence electrons. The molecule has 0 aromatic carbocycles. The van der Waals surface area contributed by atoms with Crippen LogP contribution in [0, 0.1) is 5.41 Å². The molecule has 0 spiro atoms. The van der Waals surface area contributed by atoms with Crippen molar-refractivity contribution in [3.05, 3.63) is 0 Å². The summed E-state index contributed by atoms with van der Waals surface area (Å²) in [6, 6.07) is 0. The van der Waals surface area contributed by atoms with Gasteiger partial charge in [-0.15, -0.1) is 5.06 Å². The average molecular weight is 215 g/mol. The van der Waals surface area contributed by atoms with Crippen LogP contribution in [0.25, 0.3) is 0 Å². The normalized spacial score (nSPS) is 16.3. The number of hydrogen-bond donors (Lipinski definition) is 0. The zero-order valence-electron chi connectivity index (χ0n) is 8.49. The molecular weight excluding hydrogens is 198 g/mol. The lowest BCUT2D eigenvalue weighted by Crippen LogP contribution is -2.36. The predicted octanol–water partition coefficient (Wildman–Crippen LogP) is 1.28. The number of carbonyl (C=O) groups is 3. The summed E-state index contributed by atoms with van der Waals surface area (Å²) < 4.78 is 0. The Hall–Kier alpha value is -1.39. The summed E-state index contributed by atoms with van der Waals surface area (Å²) >= 11 is 0. The first-order chi connectivity index (χ1) is 6.32. The molecule has 0 saturated carbocycles. The van der Waals surface area contributed by atoms with Crippen LogP contribution in [0.3, 0.4) is 0 Å². The number of nitrogens with zero attached hydrogens (tertiary/aromatic N) is 1. The van der Waals surface area contributed by atoms with E-state index in [1.807, 2.05) is 0 Å². The second-order valence-electron chi connectivity index (χ2n) is 4.21. The fourth-order valence-electron chi connectivity index (χ4n) is 0.878. The molecule has 1 aliphatic heterocycles. The van der Waals surface area contributed by atoms with Crippen molar-refractivity contribution in [3.63, 3.8) is 0 Å². The summed E-state index contributed by atoms with van der Waals surface area (Å²) in [6.45, 7) is 4.96. The van der Waals surface area contributed by atoms with E-state index in [4.69, 9.17) is 4.84 Å². The van der Waals surface area contributed by atoms with Gasteiger partial charge in [-0.2, -0.15) is 0 Å². The zero-order chi connectivity index (χ0) is 10.9. The van der Waals surface area contributed by atoms with Gasteiger partial charge in [0.15, 0.2) is 0 Å². The van der Waals surface area contributed by atoms with E-state index in [0.29, 0.717) is 5.06 Å². The zero-order valence-corrected chi connectivity index (χ0v) is 8.49. The lowest BCUT2D eigenvalue weighted by molar-refractivity contribution is -0.203. The molecule has 5 heteroatoms. The highest BCUT2D eigenvalue weighted by Crippen LogP contribution is 2.19. The van der Waals surface area contributed by atoms with Crippen LogP contribution in [0.2, 0.25) is 0 Å². The Kier molecular flexibility index (Phi) is 4.01. The summed E-state index contributed by atoms with van der Waals surface area (Å²) in [5.74, 6) is -1.48. The minimum absolute atomic E-state index is 0. The average Bonchev–Trinajstić information content (AvgIpc) is 2.34. The van der Waals surface area contributed by atoms with Gasteiger partial charge in [-0.1, -0.05) is 7.43 Å². The van der Waals surface area contributed by atoms with E-state index in [2.05, 4.69) is 0 Å². The molecule has 0 aromatic heterocycles. The molecule has 0 bridgehead atoms. The molecule has 1 saturated heterocycles. The first-order valence-corrected chi connectivity index (χ1v) is 4.40. The van der Waals surface area contributed by atoms with Crippen LogP contribution in [0.5, 0.6) is 0 Å². The van der Waals surface area contributed by atoms with Crippen molar-refractivity contribution in [3.8, 4) is 0 Å². The topological polar surface area (TPSA) is 63.7 Å².